The van der Waals surface area contributed by atoms with Gasteiger partial charge < -0.3 is 5.32 Å². The molecule has 4 rings (SSSR count). The number of sulfonamides is 1. The van der Waals surface area contributed by atoms with Crippen LogP contribution in [-0.4, -0.2) is 27.4 Å². The summed E-state index contributed by atoms with van der Waals surface area (Å²) in [5, 5.41) is 2.91. The Balaban J connectivity index is 1.66. The number of hydrogen-bond donors (Lipinski definition) is 1. The molecule has 0 aromatic heterocycles. The van der Waals surface area contributed by atoms with E-state index < -0.39 is 10.0 Å². The lowest BCUT2D eigenvalue weighted by molar-refractivity contribution is -0.119. The van der Waals surface area contributed by atoms with Crippen molar-refractivity contribution in [2.24, 2.45) is 0 Å². The van der Waals surface area contributed by atoms with Crippen LogP contribution in [0.1, 0.15) is 51.0 Å². The minimum absolute atomic E-state index is 0.224. The van der Waals surface area contributed by atoms with Gasteiger partial charge in [0, 0.05) is 17.7 Å². The van der Waals surface area contributed by atoms with Crippen molar-refractivity contribution in [2.45, 2.75) is 50.3 Å². The highest BCUT2D eigenvalue weighted by Gasteiger charge is 2.36. The first-order valence-corrected chi connectivity index (χ1v) is 12.0. The summed E-state index contributed by atoms with van der Waals surface area (Å²) >= 11 is 0. The third-order valence-corrected chi connectivity index (χ3v) is 7.70. The predicted molar refractivity (Wildman–Crippen MR) is 120 cm³/mol. The molecule has 0 bridgehead atoms. The highest BCUT2D eigenvalue weighted by Crippen LogP contribution is 2.43. The van der Waals surface area contributed by atoms with Gasteiger partial charge in [0.05, 0.1) is 10.6 Å². The molecular formula is C24H28N2O3S. The Kier molecular flexibility index (Phi) is 5.69. The number of benzene rings is 2. The van der Waals surface area contributed by atoms with Crippen LogP contribution in [-0.2, 0) is 14.8 Å². The van der Waals surface area contributed by atoms with Gasteiger partial charge in [-0.3, -0.25) is 9.10 Å². The smallest absolute Gasteiger partial charge is 0.265 e. The number of allylic oxidation sites excluding steroid dienone is 1. The summed E-state index contributed by atoms with van der Waals surface area (Å²) in [5.41, 5.74) is 4.47. The van der Waals surface area contributed by atoms with Crippen LogP contribution in [0, 0.1) is 0 Å². The number of nitrogens with zero attached hydrogens (tertiary/aromatic N) is 1. The maximum absolute atomic E-state index is 13.4. The van der Waals surface area contributed by atoms with E-state index in [4.69, 9.17) is 0 Å². The first-order chi connectivity index (χ1) is 14.4. The fourth-order valence-electron chi connectivity index (χ4n) is 4.14. The van der Waals surface area contributed by atoms with Crippen LogP contribution in [0.25, 0.3) is 11.1 Å². The largest absolute Gasteiger partial charge is 0.351 e. The third kappa shape index (κ3) is 3.88. The zero-order valence-corrected chi connectivity index (χ0v) is 18.3. The highest BCUT2D eigenvalue weighted by molar-refractivity contribution is 7.93. The molecule has 1 N–H and O–H groups in total. The van der Waals surface area contributed by atoms with E-state index in [1.807, 2.05) is 30.3 Å². The van der Waals surface area contributed by atoms with Crippen molar-refractivity contribution in [1.82, 2.24) is 5.32 Å². The van der Waals surface area contributed by atoms with E-state index in [0.717, 1.165) is 30.4 Å². The molecule has 0 fully saturated rings. The lowest BCUT2D eigenvalue weighted by Gasteiger charge is -2.32. The predicted octanol–water partition coefficient (Wildman–Crippen LogP) is 4.60. The number of carbonyl (C=O) groups excluding carboxylic acids is 1. The number of rotatable bonds is 5. The van der Waals surface area contributed by atoms with Crippen molar-refractivity contribution >= 4 is 21.6 Å². The van der Waals surface area contributed by atoms with Crippen LogP contribution in [0.3, 0.4) is 0 Å². The van der Waals surface area contributed by atoms with Crippen molar-refractivity contribution in [2.75, 3.05) is 17.4 Å². The van der Waals surface area contributed by atoms with Crippen molar-refractivity contribution in [3.05, 3.63) is 59.7 Å². The van der Waals surface area contributed by atoms with Gasteiger partial charge in [-0.05, 0) is 55.4 Å². The minimum Gasteiger partial charge on any atom is -0.351 e. The van der Waals surface area contributed by atoms with E-state index in [1.54, 1.807) is 12.1 Å². The van der Waals surface area contributed by atoms with Crippen LogP contribution in [0.2, 0.25) is 0 Å². The number of hydrogen-bond acceptors (Lipinski definition) is 3. The van der Waals surface area contributed by atoms with Gasteiger partial charge >= 0.3 is 0 Å². The molecule has 30 heavy (non-hydrogen) atoms. The molecule has 158 valence electrons. The fourth-order valence-corrected chi connectivity index (χ4v) is 5.79. The number of carbonyl (C=O) groups is 1. The van der Waals surface area contributed by atoms with Gasteiger partial charge in [0.15, 0.2) is 0 Å². The van der Waals surface area contributed by atoms with E-state index in [0.29, 0.717) is 23.7 Å². The quantitative estimate of drug-likeness (QED) is 0.713. The van der Waals surface area contributed by atoms with Crippen LogP contribution in [0.15, 0.2) is 59.0 Å². The molecular weight excluding hydrogens is 396 g/mol. The van der Waals surface area contributed by atoms with Gasteiger partial charge in [-0.25, -0.2) is 8.42 Å². The van der Waals surface area contributed by atoms with Crippen molar-refractivity contribution in [3.63, 3.8) is 0 Å². The zero-order valence-electron chi connectivity index (χ0n) is 17.5. The summed E-state index contributed by atoms with van der Waals surface area (Å²) in [6.45, 7) is 4.48. The lowest BCUT2D eigenvalue weighted by Crippen LogP contribution is -2.43. The summed E-state index contributed by atoms with van der Waals surface area (Å²) in [5.74, 6) is 0.0322. The first-order valence-electron chi connectivity index (χ1n) is 10.6. The van der Waals surface area contributed by atoms with Crippen molar-refractivity contribution in [1.29, 1.82) is 0 Å². The van der Waals surface area contributed by atoms with Crippen molar-refractivity contribution in [3.8, 4) is 11.1 Å². The second kappa shape index (κ2) is 8.26. The van der Waals surface area contributed by atoms with E-state index in [-0.39, 0.29) is 17.3 Å². The standard InChI is InChI=1S/C24H28N2O3S/c1-17(2)19-12-13-22-21(14-19)20-10-6-7-11-23(20)30(28,29)26(22)16-24(27)25-15-18-8-4-3-5-9-18/h6-8,10-14,17H,3-5,9,15-16H2,1-2H3,(H,25,27). The third-order valence-electron chi connectivity index (χ3n) is 5.89. The number of anilines is 1. The molecule has 1 aliphatic heterocycles. The Bertz CT molecular complexity index is 1100. The van der Waals surface area contributed by atoms with Gasteiger partial charge in [-0.2, -0.15) is 0 Å². The zero-order chi connectivity index (χ0) is 21.3. The van der Waals surface area contributed by atoms with Crippen LogP contribution in [0.4, 0.5) is 5.69 Å². The molecule has 0 spiro atoms. The fraction of sp³-hybridized carbons (Fsp3) is 0.375. The Morgan fingerprint density at radius 1 is 1.10 bits per heavy atom. The Morgan fingerprint density at radius 3 is 2.63 bits per heavy atom. The Labute approximate surface area is 178 Å². The summed E-state index contributed by atoms with van der Waals surface area (Å²) < 4.78 is 28.0. The first kappa shape index (κ1) is 20.7. The number of amides is 1. The molecule has 2 aromatic carbocycles. The summed E-state index contributed by atoms with van der Waals surface area (Å²) in [4.78, 5) is 12.9. The normalized spacial score (nSPS) is 17.2. The molecule has 5 nitrogen and oxygen atoms in total. The average Bonchev–Trinajstić information content (AvgIpc) is 2.75. The van der Waals surface area contributed by atoms with E-state index in [1.165, 1.54) is 16.3 Å². The molecule has 2 aliphatic rings. The van der Waals surface area contributed by atoms with Crippen LogP contribution >= 0.6 is 0 Å². The van der Waals surface area contributed by atoms with Gasteiger partial charge in [0.25, 0.3) is 10.0 Å². The number of nitrogens with one attached hydrogen (secondary N) is 1. The van der Waals surface area contributed by atoms with Gasteiger partial charge in [-0.1, -0.05) is 49.8 Å². The van der Waals surface area contributed by atoms with Crippen LogP contribution in [0.5, 0.6) is 0 Å². The van der Waals surface area contributed by atoms with Gasteiger partial charge in [0.2, 0.25) is 5.91 Å². The second-order valence-corrected chi connectivity index (χ2v) is 10.2. The Hall–Kier alpha value is -2.60. The molecule has 0 atom stereocenters. The molecule has 1 aliphatic carbocycles. The minimum atomic E-state index is -3.81. The second-order valence-electron chi connectivity index (χ2n) is 8.32. The van der Waals surface area contributed by atoms with E-state index in [2.05, 4.69) is 25.2 Å². The molecule has 6 heteroatoms. The molecule has 1 heterocycles. The van der Waals surface area contributed by atoms with Crippen LogP contribution < -0.4 is 9.62 Å². The molecule has 0 radical (unpaired) electrons. The lowest BCUT2D eigenvalue weighted by atomic mass is 9.95. The SMILES string of the molecule is CC(C)c1ccc2c(c1)-c1ccccc1S(=O)(=O)N2CC(=O)NCC1=CCCCC1. The highest BCUT2D eigenvalue weighted by atomic mass is 32.2. The monoisotopic (exact) mass is 424 g/mol. The van der Waals surface area contributed by atoms with Gasteiger partial charge in [-0.15, -0.1) is 0 Å². The molecule has 0 unspecified atom stereocenters. The Morgan fingerprint density at radius 2 is 1.90 bits per heavy atom. The topological polar surface area (TPSA) is 66.5 Å². The average molecular weight is 425 g/mol. The van der Waals surface area contributed by atoms with E-state index >= 15 is 0 Å². The van der Waals surface area contributed by atoms with Gasteiger partial charge in [0.1, 0.15) is 6.54 Å². The van der Waals surface area contributed by atoms with Crippen molar-refractivity contribution < 1.29 is 13.2 Å². The molecule has 0 saturated heterocycles. The summed E-state index contributed by atoms with van der Waals surface area (Å²) in [7, 11) is -3.81. The molecule has 0 saturated carbocycles. The van der Waals surface area contributed by atoms with E-state index in [9.17, 15) is 13.2 Å². The summed E-state index contributed by atoms with van der Waals surface area (Å²) in [6.07, 6.45) is 6.56. The maximum atomic E-state index is 13.4. The maximum Gasteiger partial charge on any atom is 0.265 e. The summed E-state index contributed by atoms with van der Waals surface area (Å²) in [6, 6.07) is 12.9. The number of fused-ring (bicyclic) bond motifs is 3. The molecule has 2 aromatic rings. The molecule has 1 amide bonds.